The number of hydrogen-bond donors (Lipinski definition) is 3. The summed E-state index contributed by atoms with van der Waals surface area (Å²) in [6.45, 7) is 5.10. The van der Waals surface area contributed by atoms with Crippen LogP contribution < -0.4 is 10.6 Å². The molecule has 4 rings (SSSR count). The van der Waals surface area contributed by atoms with Gasteiger partial charge in [0, 0.05) is 40.9 Å². The Morgan fingerprint density at radius 2 is 1.94 bits per heavy atom. The Labute approximate surface area is 213 Å². The van der Waals surface area contributed by atoms with Crippen LogP contribution in [-0.2, 0) is 24.2 Å². The van der Waals surface area contributed by atoms with Crippen LogP contribution in [0.5, 0.6) is 0 Å². The summed E-state index contributed by atoms with van der Waals surface area (Å²) in [5, 5.41) is 20.8. The molecule has 0 radical (unpaired) electrons. The number of carbonyl (C=O) groups excluding carboxylic acids is 1. The Hall–Kier alpha value is -3.10. The van der Waals surface area contributed by atoms with Crippen LogP contribution >= 0.6 is 23.2 Å². The van der Waals surface area contributed by atoms with Crippen molar-refractivity contribution in [3.63, 3.8) is 0 Å². The van der Waals surface area contributed by atoms with Gasteiger partial charge in [0.05, 0.1) is 23.7 Å². The van der Waals surface area contributed by atoms with Gasteiger partial charge in [-0.05, 0) is 62.1 Å². The topological polar surface area (TPSA) is 109 Å². The molecule has 1 atom stereocenters. The van der Waals surface area contributed by atoms with Gasteiger partial charge in [-0.3, -0.25) is 14.3 Å². The van der Waals surface area contributed by atoms with Gasteiger partial charge in [0.15, 0.2) is 0 Å². The number of anilines is 1. The molecule has 10 heteroatoms. The maximum absolute atomic E-state index is 13.2. The summed E-state index contributed by atoms with van der Waals surface area (Å²) >= 11 is 12.2. The highest BCUT2D eigenvalue weighted by Gasteiger charge is 2.24. The molecule has 35 heavy (non-hydrogen) atoms. The molecule has 0 aliphatic carbocycles. The Morgan fingerprint density at radius 3 is 2.66 bits per heavy atom. The number of pyridine rings is 1. The Kier molecular flexibility index (Phi) is 7.62. The number of benzene rings is 1. The van der Waals surface area contributed by atoms with Crippen LogP contribution in [0.1, 0.15) is 57.5 Å². The molecular formula is C25H27Cl2N5O3. The van der Waals surface area contributed by atoms with Crippen LogP contribution in [0.25, 0.3) is 0 Å². The fourth-order valence-corrected chi connectivity index (χ4v) is 4.95. The molecule has 8 nitrogen and oxygen atoms in total. The molecule has 184 valence electrons. The minimum Gasteiger partial charge on any atom is -0.481 e. The second kappa shape index (κ2) is 10.7. The van der Waals surface area contributed by atoms with Crippen LogP contribution in [0.4, 0.5) is 5.82 Å². The maximum Gasteiger partial charge on any atom is 0.305 e. The number of nitrogens with one attached hydrogen (secondary N) is 2. The summed E-state index contributed by atoms with van der Waals surface area (Å²) in [5.74, 6) is -0.500. The van der Waals surface area contributed by atoms with Crippen LogP contribution in [0.2, 0.25) is 10.0 Å². The van der Waals surface area contributed by atoms with E-state index in [-0.39, 0.29) is 6.42 Å². The number of aliphatic carboxylic acids is 1. The first kappa shape index (κ1) is 25.0. The SMILES string of the molecule is Cc1nn(CCc2ccc3c(n2)NCCC3)c(C)c1C(=O)NC(CC(=O)O)c1cc(Cl)cc(Cl)c1. The number of hydrogen-bond acceptors (Lipinski definition) is 5. The van der Waals surface area contributed by atoms with Gasteiger partial charge in [0.25, 0.3) is 5.91 Å². The molecule has 0 saturated carbocycles. The quantitative estimate of drug-likeness (QED) is 0.399. The van der Waals surface area contributed by atoms with Gasteiger partial charge in [0.1, 0.15) is 5.82 Å². The summed E-state index contributed by atoms with van der Waals surface area (Å²) < 4.78 is 1.79. The van der Waals surface area contributed by atoms with Gasteiger partial charge in [-0.25, -0.2) is 4.98 Å². The molecule has 0 spiro atoms. The lowest BCUT2D eigenvalue weighted by Gasteiger charge is -2.18. The maximum atomic E-state index is 13.2. The van der Waals surface area contributed by atoms with Gasteiger partial charge in [-0.2, -0.15) is 5.10 Å². The normalized spacial score (nSPS) is 13.6. The van der Waals surface area contributed by atoms with Crippen molar-refractivity contribution in [2.45, 2.75) is 52.1 Å². The Bertz CT molecular complexity index is 1250. The molecule has 0 fully saturated rings. The van der Waals surface area contributed by atoms with Crippen molar-refractivity contribution >= 4 is 40.9 Å². The molecule has 0 saturated heterocycles. The van der Waals surface area contributed by atoms with Crippen LogP contribution in [0.15, 0.2) is 30.3 Å². The predicted molar refractivity (Wildman–Crippen MR) is 135 cm³/mol. The van der Waals surface area contributed by atoms with Gasteiger partial charge in [-0.15, -0.1) is 0 Å². The summed E-state index contributed by atoms with van der Waals surface area (Å²) in [7, 11) is 0. The number of halogens is 2. The van der Waals surface area contributed by atoms with E-state index < -0.39 is 17.9 Å². The number of carboxylic acid groups (broad SMARTS) is 1. The van der Waals surface area contributed by atoms with E-state index in [0.717, 1.165) is 30.9 Å². The first-order valence-corrected chi connectivity index (χ1v) is 12.2. The van der Waals surface area contributed by atoms with E-state index in [9.17, 15) is 14.7 Å². The largest absolute Gasteiger partial charge is 0.481 e. The highest BCUT2D eigenvalue weighted by Crippen LogP contribution is 2.26. The van der Waals surface area contributed by atoms with Crippen molar-refractivity contribution in [1.82, 2.24) is 20.1 Å². The molecular weight excluding hydrogens is 489 g/mol. The monoisotopic (exact) mass is 515 g/mol. The highest BCUT2D eigenvalue weighted by molar-refractivity contribution is 6.34. The number of nitrogens with zero attached hydrogens (tertiary/aromatic N) is 3. The van der Waals surface area contributed by atoms with Crippen LogP contribution in [-0.4, -0.2) is 38.3 Å². The summed E-state index contributed by atoms with van der Waals surface area (Å²) in [4.78, 5) is 29.4. The minimum absolute atomic E-state index is 0.313. The van der Waals surface area contributed by atoms with E-state index >= 15 is 0 Å². The van der Waals surface area contributed by atoms with Crippen molar-refractivity contribution in [3.8, 4) is 0 Å². The van der Waals surface area contributed by atoms with Crippen molar-refractivity contribution < 1.29 is 14.7 Å². The highest BCUT2D eigenvalue weighted by atomic mass is 35.5. The molecule has 0 bridgehead atoms. The zero-order valence-electron chi connectivity index (χ0n) is 19.6. The standard InChI is InChI=1S/C25H27Cl2N5O3/c1-14-23(25(35)30-21(13-22(33)34)17-10-18(26)12-19(27)11-17)15(2)32(31-14)9-7-20-6-5-16-4-3-8-28-24(16)29-20/h5-6,10-12,21H,3-4,7-9,13H2,1-2H3,(H,28,29)(H,30,35)(H,33,34). The molecule has 3 aromatic rings. The second-order valence-electron chi connectivity index (χ2n) is 8.69. The van der Waals surface area contributed by atoms with Gasteiger partial charge in [-0.1, -0.05) is 29.3 Å². The molecule has 1 aromatic carbocycles. The van der Waals surface area contributed by atoms with E-state index in [1.54, 1.807) is 29.8 Å². The number of carbonyl (C=O) groups is 2. The number of rotatable bonds is 8. The van der Waals surface area contributed by atoms with Crippen LogP contribution in [0, 0.1) is 13.8 Å². The Balaban J connectivity index is 1.51. The molecule has 3 N–H and O–H groups in total. The molecule has 1 unspecified atom stereocenters. The van der Waals surface area contributed by atoms with E-state index in [0.29, 0.717) is 45.5 Å². The number of aromatic nitrogens is 3. The lowest BCUT2D eigenvalue weighted by Crippen LogP contribution is -2.31. The third-order valence-electron chi connectivity index (χ3n) is 6.11. The van der Waals surface area contributed by atoms with E-state index in [4.69, 9.17) is 28.2 Å². The van der Waals surface area contributed by atoms with Crippen molar-refractivity contribution in [3.05, 3.63) is 74.1 Å². The number of fused-ring (bicyclic) bond motifs is 1. The van der Waals surface area contributed by atoms with Crippen molar-refractivity contribution in [1.29, 1.82) is 0 Å². The van der Waals surface area contributed by atoms with E-state index in [1.807, 2.05) is 13.0 Å². The van der Waals surface area contributed by atoms with Crippen molar-refractivity contribution in [2.24, 2.45) is 0 Å². The number of carboxylic acids is 1. The van der Waals surface area contributed by atoms with E-state index in [2.05, 4.69) is 21.8 Å². The zero-order valence-corrected chi connectivity index (χ0v) is 21.1. The molecule has 3 heterocycles. The first-order valence-electron chi connectivity index (χ1n) is 11.5. The summed E-state index contributed by atoms with van der Waals surface area (Å²) in [6, 6.07) is 8.12. The lowest BCUT2D eigenvalue weighted by molar-refractivity contribution is -0.137. The minimum atomic E-state index is -1.05. The second-order valence-corrected chi connectivity index (χ2v) is 9.56. The first-order chi connectivity index (χ1) is 16.7. The molecule has 2 aromatic heterocycles. The van der Waals surface area contributed by atoms with E-state index in [1.165, 1.54) is 5.56 Å². The van der Waals surface area contributed by atoms with Gasteiger partial charge < -0.3 is 15.7 Å². The zero-order chi connectivity index (χ0) is 25.1. The van der Waals surface area contributed by atoms with Crippen molar-refractivity contribution in [2.75, 3.05) is 11.9 Å². The third kappa shape index (κ3) is 5.94. The molecule has 1 amide bonds. The van der Waals surface area contributed by atoms with Gasteiger partial charge in [0.2, 0.25) is 0 Å². The predicted octanol–water partition coefficient (Wildman–Crippen LogP) is 4.75. The number of aryl methyl sites for hydroxylation is 4. The average Bonchev–Trinajstić information content (AvgIpc) is 3.09. The summed E-state index contributed by atoms with van der Waals surface area (Å²) in [5.41, 5.74) is 4.41. The lowest BCUT2D eigenvalue weighted by atomic mass is 10.0. The fourth-order valence-electron chi connectivity index (χ4n) is 4.41. The fraction of sp³-hybridized carbons (Fsp3) is 0.360. The smallest absolute Gasteiger partial charge is 0.305 e. The van der Waals surface area contributed by atoms with Crippen LogP contribution in [0.3, 0.4) is 0 Å². The molecule has 1 aliphatic heterocycles. The number of amides is 1. The summed E-state index contributed by atoms with van der Waals surface area (Å²) in [6.07, 6.45) is 2.51. The average molecular weight is 516 g/mol. The van der Waals surface area contributed by atoms with Gasteiger partial charge >= 0.3 is 5.97 Å². The third-order valence-corrected chi connectivity index (χ3v) is 6.55. The molecule has 1 aliphatic rings. The Morgan fingerprint density at radius 1 is 1.20 bits per heavy atom.